The summed E-state index contributed by atoms with van der Waals surface area (Å²) in [6.45, 7) is 0. The molecule has 1 nitrogen and oxygen atoms in total. The van der Waals surface area contributed by atoms with Gasteiger partial charge in [0.1, 0.15) is 5.75 Å². The van der Waals surface area contributed by atoms with Crippen LogP contribution in [-0.4, -0.2) is 7.11 Å². The van der Waals surface area contributed by atoms with Crippen molar-refractivity contribution in [2.75, 3.05) is 7.11 Å². The van der Waals surface area contributed by atoms with Gasteiger partial charge in [-0.15, -0.1) is 22.9 Å². The fraction of sp³-hybridized carbons (Fsp3) is 0.412. The van der Waals surface area contributed by atoms with Crippen LogP contribution in [0.2, 0.25) is 5.02 Å². The molecule has 1 heterocycles. The molecular weight excluding hydrogens is 323 g/mol. The third-order valence-electron chi connectivity index (χ3n) is 3.98. The molecule has 0 spiro atoms. The minimum Gasteiger partial charge on any atom is -0.496 e. The van der Waals surface area contributed by atoms with Crippen molar-refractivity contribution in [1.29, 1.82) is 0 Å². The summed E-state index contributed by atoms with van der Waals surface area (Å²) in [5.74, 6) is 0.794. The standard InChI is InChI=1S/C17H18Cl2OS/c1-20-14-8-7-12(18)10-13(14)17(19)16-9-11-5-3-2-4-6-15(11)21-16/h7-10,17H,2-6H2,1H3. The molecule has 3 rings (SSSR count). The predicted molar refractivity (Wildman–Crippen MR) is 91.3 cm³/mol. The van der Waals surface area contributed by atoms with Crippen LogP contribution >= 0.6 is 34.5 Å². The highest BCUT2D eigenvalue weighted by Crippen LogP contribution is 2.41. The van der Waals surface area contributed by atoms with Crippen LogP contribution in [0.4, 0.5) is 0 Å². The summed E-state index contributed by atoms with van der Waals surface area (Å²) in [5, 5.41) is 0.491. The van der Waals surface area contributed by atoms with Gasteiger partial charge >= 0.3 is 0 Å². The van der Waals surface area contributed by atoms with E-state index in [4.69, 9.17) is 27.9 Å². The zero-order valence-electron chi connectivity index (χ0n) is 12.0. The Bertz CT molecular complexity index is 612. The second-order valence-electron chi connectivity index (χ2n) is 5.41. The Morgan fingerprint density at radius 2 is 1.95 bits per heavy atom. The number of hydrogen-bond donors (Lipinski definition) is 0. The van der Waals surface area contributed by atoms with Crippen LogP contribution in [0.25, 0.3) is 0 Å². The molecule has 112 valence electrons. The lowest BCUT2D eigenvalue weighted by atomic mass is 10.1. The lowest BCUT2D eigenvalue weighted by Gasteiger charge is -2.13. The number of hydrogen-bond acceptors (Lipinski definition) is 2. The molecule has 0 saturated heterocycles. The number of fused-ring (bicyclic) bond motifs is 1. The Morgan fingerprint density at radius 1 is 1.14 bits per heavy atom. The molecule has 1 unspecified atom stereocenters. The van der Waals surface area contributed by atoms with Crippen molar-refractivity contribution < 1.29 is 4.74 Å². The van der Waals surface area contributed by atoms with Gasteiger partial charge in [0.05, 0.1) is 12.5 Å². The quantitative estimate of drug-likeness (QED) is 0.491. The van der Waals surface area contributed by atoms with Gasteiger partial charge in [-0.2, -0.15) is 0 Å². The number of alkyl halides is 1. The van der Waals surface area contributed by atoms with E-state index in [2.05, 4.69) is 6.07 Å². The van der Waals surface area contributed by atoms with E-state index in [1.54, 1.807) is 7.11 Å². The number of aryl methyl sites for hydroxylation is 2. The SMILES string of the molecule is COc1ccc(Cl)cc1C(Cl)c1cc2c(s1)CCCCC2. The Balaban J connectivity index is 1.95. The molecule has 2 aromatic rings. The van der Waals surface area contributed by atoms with Crippen LogP contribution in [-0.2, 0) is 12.8 Å². The number of halogens is 2. The van der Waals surface area contributed by atoms with Crippen molar-refractivity contribution in [3.8, 4) is 5.75 Å². The molecular formula is C17H18Cl2OS. The number of methoxy groups -OCH3 is 1. The second kappa shape index (κ2) is 6.60. The molecule has 1 atom stereocenters. The highest BCUT2D eigenvalue weighted by atomic mass is 35.5. The Kier molecular flexibility index (Phi) is 4.78. The first kappa shape index (κ1) is 15.2. The monoisotopic (exact) mass is 340 g/mol. The van der Waals surface area contributed by atoms with Crippen molar-refractivity contribution in [3.63, 3.8) is 0 Å². The topological polar surface area (TPSA) is 9.23 Å². The summed E-state index contributed by atoms with van der Waals surface area (Å²) in [6, 6.07) is 7.90. The molecule has 0 saturated carbocycles. The molecule has 1 aromatic heterocycles. The maximum Gasteiger partial charge on any atom is 0.124 e. The molecule has 1 aromatic carbocycles. The molecule has 4 heteroatoms. The molecule has 0 aliphatic heterocycles. The van der Waals surface area contributed by atoms with E-state index in [0.717, 1.165) is 11.3 Å². The summed E-state index contributed by atoms with van der Waals surface area (Å²) in [6.07, 6.45) is 6.29. The maximum absolute atomic E-state index is 6.72. The number of benzene rings is 1. The molecule has 1 aliphatic carbocycles. The van der Waals surface area contributed by atoms with E-state index in [9.17, 15) is 0 Å². The molecule has 0 N–H and O–H groups in total. The molecule has 0 bridgehead atoms. The third kappa shape index (κ3) is 3.23. The third-order valence-corrected chi connectivity index (χ3v) is 6.12. The minimum atomic E-state index is -0.199. The van der Waals surface area contributed by atoms with Gasteiger partial charge in [-0.25, -0.2) is 0 Å². The van der Waals surface area contributed by atoms with E-state index >= 15 is 0 Å². The average molecular weight is 341 g/mol. The first-order valence-corrected chi connectivity index (χ1v) is 8.91. The minimum absolute atomic E-state index is 0.199. The lowest BCUT2D eigenvalue weighted by Crippen LogP contribution is -1.96. The lowest BCUT2D eigenvalue weighted by molar-refractivity contribution is 0.410. The highest BCUT2D eigenvalue weighted by Gasteiger charge is 2.21. The van der Waals surface area contributed by atoms with Crippen molar-refractivity contribution in [2.24, 2.45) is 0 Å². The molecule has 0 fully saturated rings. The fourth-order valence-corrected chi connectivity index (χ4v) is 4.67. The predicted octanol–water partition coefficient (Wildman–Crippen LogP) is 6.01. The van der Waals surface area contributed by atoms with E-state index in [0.29, 0.717) is 5.02 Å². The number of ether oxygens (including phenoxy) is 1. The van der Waals surface area contributed by atoms with E-state index < -0.39 is 0 Å². The van der Waals surface area contributed by atoms with Gasteiger partial charge in [0.2, 0.25) is 0 Å². The van der Waals surface area contributed by atoms with Crippen LogP contribution < -0.4 is 4.74 Å². The van der Waals surface area contributed by atoms with Gasteiger partial charge in [-0.05, 0) is 55.5 Å². The second-order valence-corrected chi connectivity index (χ2v) is 7.45. The van der Waals surface area contributed by atoms with Crippen LogP contribution in [0.15, 0.2) is 24.3 Å². The summed E-state index contributed by atoms with van der Waals surface area (Å²) < 4.78 is 5.43. The molecule has 0 amide bonds. The average Bonchev–Trinajstić information content (AvgIpc) is 2.77. The largest absolute Gasteiger partial charge is 0.496 e. The van der Waals surface area contributed by atoms with Crippen molar-refractivity contribution in [1.82, 2.24) is 0 Å². The van der Waals surface area contributed by atoms with Gasteiger partial charge in [-0.1, -0.05) is 18.0 Å². The van der Waals surface area contributed by atoms with Crippen LogP contribution in [0, 0.1) is 0 Å². The molecule has 21 heavy (non-hydrogen) atoms. The Hall–Kier alpha value is -0.700. The summed E-state index contributed by atoms with van der Waals surface area (Å²) in [7, 11) is 1.67. The number of thiophene rings is 1. The van der Waals surface area contributed by atoms with Crippen LogP contribution in [0.3, 0.4) is 0 Å². The first-order chi connectivity index (χ1) is 10.2. The van der Waals surface area contributed by atoms with Gasteiger partial charge in [-0.3, -0.25) is 0 Å². The van der Waals surface area contributed by atoms with Crippen molar-refractivity contribution in [2.45, 2.75) is 37.5 Å². The maximum atomic E-state index is 6.72. The van der Waals surface area contributed by atoms with Crippen molar-refractivity contribution in [3.05, 3.63) is 50.2 Å². The van der Waals surface area contributed by atoms with Gasteiger partial charge < -0.3 is 4.74 Å². The summed E-state index contributed by atoms with van der Waals surface area (Å²) in [4.78, 5) is 2.71. The first-order valence-electron chi connectivity index (χ1n) is 7.28. The Morgan fingerprint density at radius 3 is 2.76 bits per heavy atom. The Labute approximate surface area is 139 Å². The van der Waals surface area contributed by atoms with Gasteiger partial charge in [0.15, 0.2) is 0 Å². The number of rotatable bonds is 3. The van der Waals surface area contributed by atoms with E-state index in [1.165, 1.54) is 47.4 Å². The van der Waals surface area contributed by atoms with Gasteiger partial charge in [0.25, 0.3) is 0 Å². The van der Waals surface area contributed by atoms with Crippen molar-refractivity contribution >= 4 is 34.5 Å². The van der Waals surface area contributed by atoms with Gasteiger partial charge in [0, 0.05) is 20.3 Å². The molecule has 1 aliphatic rings. The fourth-order valence-electron chi connectivity index (χ4n) is 2.87. The van der Waals surface area contributed by atoms with E-state index in [-0.39, 0.29) is 5.38 Å². The van der Waals surface area contributed by atoms with Crippen LogP contribution in [0.1, 0.15) is 45.5 Å². The smallest absolute Gasteiger partial charge is 0.124 e. The summed E-state index contributed by atoms with van der Waals surface area (Å²) in [5.41, 5.74) is 2.43. The molecule has 0 radical (unpaired) electrons. The zero-order chi connectivity index (χ0) is 14.8. The highest BCUT2D eigenvalue weighted by molar-refractivity contribution is 7.12. The van der Waals surface area contributed by atoms with Crippen LogP contribution in [0.5, 0.6) is 5.75 Å². The zero-order valence-corrected chi connectivity index (χ0v) is 14.3. The summed E-state index contributed by atoms with van der Waals surface area (Å²) >= 11 is 14.7. The van der Waals surface area contributed by atoms with E-state index in [1.807, 2.05) is 29.5 Å². The normalized spacial score (nSPS) is 16.1.